The Morgan fingerprint density at radius 3 is 1.63 bits per heavy atom. The first-order valence-electron chi connectivity index (χ1n) is 15.8. The number of hydrogen-bond acceptors (Lipinski definition) is 6. The number of hydrogen-bond donors (Lipinski definition) is 2. The van der Waals surface area contributed by atoms with Crippen LogP contribution in [-0.4, -0.2) is 49.4 Å². The molecule has 2 aromatic carbocycles. The summed E-state index contributed by atoms with van der Waals surface area (Å²) in [7, 11) is -6.46. The molecule has 0 fully saturated rings. The Morgan fingerprint density at radius 2 is 1.13 bits per heavy atom. The molecule has 0 saturated heterocycles. The maximum absolute atomic E-state index is 12.0. The fourth-order valence-electron chi connectivity index (χ4n) is 5.89. The van der Waals surface area contributed by atoms with Crippen LogP contribution in [-0.2, 0) is 45.7 Å². The lowest BCUT2D eigenvalue weighted by Gasteiger charge is -2.14. The second kappa shape index (κ2) is 13.7. The van der Waals surface area contributed by atoms with E-state index in [4.69, 9.17) is 0 Å². The predicted octanol–water partition coefficient (Wildman–Crippen LogP) is 5.70. The van der Waals surface area contributed by atoms with Crippen LogP contribution in [0.3, 0.4) is 0 Å². The van der Waals surface area contributed by atoms with Crippen LogP contribution in [0, 0.1) is 13.8 Å². The Bertz CT molecular complexity index is 1920. The zero-order valence-electron chi connectivity index (χ0n) is 27.4. The number of aromatic nitrogens is 2. The number of pyridine rings is 2. The molecule has 2 N–H and O–H groups in total. The van der Waals surface area contributed by atoms with Crippen molar-refractivity contribution in [2.24, 2.45) is 0 Å². The topological polar surface area (TPSA) is 118 Å². The minimum Gasteiger partial charge on any atom is -0.261 e. The highest BCUT2D eigenvalue weighted by Crippen LogP contribution is 2.30. The van der Waals surface area contributed by atoms with Gasteiger partial charge in [-0.05, 0) is 119 Å². The Kier molecular flexibility index (Phi) is 10.1. The van der Waals surface area contributed by atoms with Crippen LogP contribution in [0.1, 0.15) is 61.2 Å². The van der Waals surface area contributed by atoms with Gasteiger partial charge < -0.3 is 0 Å². The first kappa shape index (κ1) is 33.9. The lowest BCUT2D eigenvalue weighted by molar-refractivity contribution is 0.546. The molecule has 0 amide bonds. The molecule has 0 bridgehead atoms. The van der Waals surface area contributed by atoms with Crippen LogP contribution in [0.4, 0.5) is 0 Å². The van der Waals surface area contributed by atoms with E-state index >= 15 is 0 Å². The molecule has 0 saturated carbocycles. The SMILES string of the molecule is Cc1ccc(-c2ccc3c(c2)CC(NS(=O)(=O)C(C)C)C3)cn1.Cc1cccnc1-c1ccc2c(c1)CC(NS(=O)(=O)C(C)C)C2. The molecule has 2 aliphatic carbocycles. The largest absolute Gasteiger partial charge is 0.261 e. The summed E-state index contributed by atoms with van der Waals surface area (Å²) in [5.41, 5.74) is 11.3. The third-order valence-corrected chi connectivity index (χ3v) is 12.5. The van der Waals surface area contributed by atoms with Gasteiger partial charge in [0.1, 0.15) is 0 Å². The van der Waals surface area contributed by atoms with Crippen LogP contribution in [0.2, 0.25) is 0 Å². The van der Waals surface area contributed by atoms with Gasteiger partial charge in [-0.2, -0.15) is 0 Å². The molecule has 2 atom stereocenters. The highest BCUT2D eigenvalue weighted by Gasteiger charge is 2.28. The van der Waals surface area contributed by atoms with Gasteiger partial charge in [0.05, 0.1) is 16.2 Å². The van der Waals surface area contributed by atoms with Gasteiger partial charge in [-0.3, -0.25) is 9.97 Å². The van der Waals surface area contributed by atoms with E-state index in [1.807, 2.05) is 25.3 Å². The van der Waals surface area contributed by atoms with Gasteiger partial charge in [0.25, 0.3) is 0 Å². The maximum atomic E-state index is 12.0. The standard InChI is InChI=1S/2C18H22N2O2S/c1-12(2)23(21,22)20-18-9-15-7-6-14(8-17(15)10-18)16-5-4-13(3)19-11-16;1-12(2)23(21,22)20-17-10-14-6-7-15(9-16(14)11-17)18-13(3)5-4-8-19-18/h4-8,11-12,18,20H,9-10H2,1-3H3;4-9,12,17,20H,10-11H2,1-3H3. The molecule has 0 radical (unpaired) electrons. The van der Waals surface area contributed by atoms with Crippen LogP contribution >= 0.6 is 0 Å². The molecule has 2 heterocycles. The van der Waals surface area contributed by atoms with Gasteiger partial charge in [-0.15, -0.1) is 0 Å². The Morgan fingerprint density at radius 1 is 0.630 bits per heavy atom. The van der Waals surface area contributed by atoms with Crippen molar-refractivity contribution < 1.29 is 16.8 Å². The summed E-state index contributed by atoms with van der Waals surface area (Å²) in [6.45, 7) is 10.8. The van der Waals surface area contributed by atoms with E-state index in [9.17, 15) is 16.8 Å². The molecule has 0 aliphatic heterocycles. The first-order chi connectivity index (χ1) is 21.7. The van der Waals surface area contributed by atoms with Gasteiger partial charge in [-0.25, -0.2) is 26.3 Å². The summed E-state index contributed by atoms with van der Waals surface area (Å²) in [5, 5.41) is -0.807. The van der Waals surface area contributed by atoms with Crippen LogP contribution in [0.25, 0.3) is 22.4 Å². The average Bonchev–Trinajstić information content (AvgIpc) is 3.59. The van der Waals surface area contributed by atoms with Gasteiger partial charge in [0.15, 0.2) is 0 Å². The van der Waals surface area contributed by atoms with Crippen molar-refractivity contribution in [1.29, 1.82) is 0 Å². The molecule has 2 unspecified atom stereocenters. The number of benzene rings is 2. The smallest absolute Gasteiger partial charge is 0.214 e. The summed E-state index contributed by atoms with van der Waals surface area (Å²) < 4.78 is 53.8. The second-order valence-corrected chi connectivity index (χ2v) is 17.5. The molecule has 8 nitrogen and oxygen atoms in total. The zero-order valence-corrected chi connectivity index (χ0v) is 29.0. The molecule has 244 valence electrons. The van der Waals surface area contributed by atoms with Crippen LogP contribution in [0.15, 0.2) is 73.1 Å². The average molecular weight is 661 g/mol. The fourth-order valence-corrected chi connectivity index (χ4v) is 7.70. The summed E-state index contributed by atoms with van der Waals surface area (Å²) in [6, 6.07) is 20.6. The van der Waals surface area contributed by atoms with Gasteiger partial charge in [-0.1, -0.05) is 42.5 Å². The quantitative estimate of drug-likeness (QED) is 0.250. The van der Waals surface area contributed by atoms with Crippen LogP contribution in [0.5, 0.6) is 0 Å². The third-order valence-electron chi connectivity index (χ3n) is 8.71. The van der Waals surface area contributed by atoms with E-state index in [0.29, 0.717) is 0 Å². The molecule has 0 spiro atoms. The number of nitrogens with zero attached hydrogens (tertiary/aromatic N) is 2. The van der Waals surface area contributed by atoms with Crippen molar-refractivity contribution in [3.63, 3.8) is 0 Å². The van der Waals surface area contributed by atoms with Crippen molar-refractivity contribution in [1.82, 2.24) is 19.4 Å². The lowest BCUT2D eigenvalue weighted by atomic mass is 10.0. The molecular formula is C36H44N4O4S2. The molecule has 2 aliphatic rings. The lowest BCUT2D eigenvalue weighted by Crippen LogP contribution is -2.39. The van der Waals surface area contributed by atoms with E-state index in [1.54, 1.807) is 33.9 Å². The van der Waals surface area contributed by atoms with E-state index in [2.05, 4.69) is 74.9 Å². The highest BCUT2D eigenvalue weighted by atomic mass is 32.2. The number of nitrogens with one attached hydrogen (secondary N) is 2. The minimum atomic E-state index is -3.23. The van der Waals surface area contributed by atoms with Crippen molar-refractivity contribution in [3.8, 4) is 22.4 Å². The molecule has 46 heavy (non-hydrogen) atoms. The number of fused-ring (bicyclic) bond motifs is 2. The van der Waals surface area contributed by atoms with Crippen molar-refractivity contribution >= 4 is 20.0 Å². The van der Waals surface area contributed by atoms with E-state index < -0.39 is 30.5 Å². The third kappa shape index (κ3) is 7.91. The molecule has 2 aromatic heterocycles. The van der Waals surface area contributed by atoms with E-state index in [-0.39, 0.29) is 12.1 Å². The highest BCUT2D eigenvalue weighted by molar-refractivity contribution is 7.90. The minimum absolute atomic E-state index is 0.0382. The summed E-state index contributed by atoms with van der Waals surface area (Å²) in [5.74, 6) is 0. The normalized spacial score (nSPS) is 17.5. The Labute approximate surface area is 274 Å². The van der Waals surface area contributed by atoms with Crippen molar-refractivity contribution in [3.05, 3.63) is 107 Å². The molecule has 6 rings (SSSR count). The number of rotatable bonds is 8. The zero-order chi connectivity index (χ0) is 33.2. The number of aryl methyl sites for hydroxylation is 2. The Balaban J connectivity index is 0.000000181. The van der Waals surface area contributed by atoms with Gasteiger partial charge in [0, 0.05) is 41.3 Å². The summed E-state index contributed by atoms with van der Waals surface area (Å²) in [4.78, 5) is 8.80. The first-order valence-corrected chi connectivity index (χ1v) is 18.9. The second-order valence-electron chi connectivity index (χ2n) is 13.0. The van der Waals surface area contributed by atoms with Gasteiger partial charge in [0.2, 0.25) is 20.0 Å². The molecular weight excluding hydrogens is 617 g/mol. The van der Waals surface area contributed by atoms with E-state index in [0.717, 1.165) is 59.3 Å². The van der Waals surface area contributed by atoms with Crippen molar-refractivity contribution in [2.75, 3.05) is 0 Å². The van der Waals surface area contributed by atoms with E-state index in [1.165, 1.54) is 22.3 Å². The molecule has 10 heteroatoms. The number of sulfonamides is 2. The van der Waals surface area contributed by atoms with Crippen molar-refractivity contribution in [2.45, 2.75) is 89.8 Å². The maximum Gasteiger partial charge on any atom is 0.214 e. The van der Waals surface area contributed by atoms with Crippen LogP contribution < -0.4 is 9.44 Å². The monoisotopic (exact) mass is 660 g/mol. The van der Waals surface area contributed by atoms with Gasteiger partial charge >= 0.3 is 0 Å². The molecule has 4 aromatic rings. The summed E-state index contributed by atoms with van der Waals surface area (Å²) in [6.07, 6.45) is 6.67. The fraction of sp³-hybridized carbons (Fsp3) is 0.389. The summed E-state index contributed by atoms with van der Waals surface area (Å²) >= 11 is 0. The predicted molar refractivity (Wildman–Crippen MR) is 186 cm³/mol. The Hall–Kier alpha value is -3.44.